The molecule has 8 nitrogen and oxygen atoms in total. The van der Waals surface area contributed by atoms with Crippen LogP contribution < -0.4 is 30.6 Å². The second kappa shape index (κ2) is 13.2. The summed E-state index contributed by atoms with van der Waals surface area (Å²) in [5.41, 5.74) is 7.28. The molecule has 0 aromatic heterocycles. The van der Waals surface area contributed by atoms with Crippen molar-refractivity contribution in [1.82, 2.24) is 10.6 Å². The molecular formula is C24H33N3O5. The number of hydrogen-bond acceptors (Lipinski definition) is 6. The van der Waals surface area contributed by atoms with E-state index in [1.165, 1.54) is 0 Å². The molecule has 2 aromatic carbocycles. The summed E-state index contributed by atoms with van der Waals surface area (Å²) < 4.78 is 17.0. The lowest BCUT2D eigenvalue weighted by Crippen LogP contribution is -2.26. The molecule has 4 N–H and O–H groups in total. The number of nitrogens with one attached hydrogen (secondary N) is 2. The molecule has 32 heavy (non-hydrogen) atoms. The molecule has 2 aromatic rings. The van der Waals surface area contributed by atoms with Gasteiger partial charge in [0.15, 0.2) is 11.5 Å². The van der Waals surface area contributed by atoms with E-state index in [1.54, 1.807) is 24.3 Å². The average Bonchev–Trinajstić information content (AvgIpc) is 2.80. The lowest BCUT2D eigenvalue weighted by Gasteiger charge is -2.17. The lowest BCUT2D eigenvalue weighted by molar-refractivity contribution is 0.0942. The Morgan fingerprint density at radius 3 is 1.91 bits per heavy atom. The van der Waals surface area contributed by atoms with Gasteiger partial charge in [0.2, 0.25) is 5.75 Å². The van der Waals surface area contributed by atoms with Gasteiger partial charge in [0.1, 0.15) is 0 Å². The Balaban J connectivity index is 2.07. The van der Waals surface area contributed by atoms with E-state index in [2.05, 4.69) is 10.6 Å². The van der Waals surface area contributed by atoms with Crippen LogP contribution in [0.25, 0.3) is 0 Å². The highest BCUT2D eigenvalue weighted by Gasteiger charge is 2.18. The van der Waals surface area contributed by atoms with Crippen LogP contribution in [-0.4, -0.2) is 44.7 Å². The molecule has 0 fully saturated rings. The third-order valence-electron chi connectivity index (χ3n) is 4.51. The van der Waals surface area contributed by atoms with Crippen LogP contribution in [0.15, 0.2) is 36.4 Å². The van der Waals surface area contributed by atoms with Gasteiger partial charge in [-0.25, -0.2) is 0 Å². The van der Waals surface area contributed by atoms with E-state index in [0.29, 0.717) is 67.8 Å². The first-order valence-electron chi connectivity index (χ1n) is 11.0. The molecule has 0 heterocycles. The van der Waals surface area contributed by atoms with Gasteiger partial charge in [0.05, 0.1) is 19.8 Å². The normalized spacial score (nSPS) is 10.4. The molecule has 8 heteroatoms. The monoisotopic (exact) mass is 443 g/mol. The summed E-state index contributed by atoms with van der Waals surface area (Å²) in [6.07, 6.45) is 0.734. The Labute approximate surface area is 189 Å². The van der Waals surface area contributed by atoms with E-state index in [9.17, 15) is 9.59 Å². The van der Waals surface area contributed by atoms with Gasteiger partial charge < -0.3 is 30.6 Å². The molecule has 0 aliphatic carbocycles. The molecule has 0 saturated carbocycles. The molecule has 0 unspecified atom stereocenters. The van der Waals surface area contributed by atoms with Crippen molar-refractivity contribution in [2.24, 2.45) is 5.73 Å². The van der Waals surface area contributed by atoms with Gasteiger partial charge in [0, 0.05) is 24.2 Å². The number of ether oxygens (including phenoxy) is 3. The number of carbonyl (C=O) groups excluding carboxylic acids is 2. The van der Waals surface area contributed by atoms with Gasteiger partial charge in [-0.3, -0.25) is 9.59 Å². The van der Waals surface area contributed by atoms with Crippen molar-refractivity contribution in [2.75, 3.05) is 32.9 Å². The number of nitrogens with two attached hydrogens (primary N) is 1. The Morgan fingerprint density at radius 1 is 0.812 bits per heavy atom. The topological polar surface area (TPSA) is 112 Å². The third kappa shape index (κ3) is 7.16. The number of hydrogen-bond donors (Lipinski definition) is 3. The van der Waals surface area contributed by atoms with E-state index < -0.39 is 0 Å². The van der Waals surface area contributed by atoms with Crippen LogP contribution in [-0.2, 0) is 6.54 Å². The fourth-order valence-corrected chi connectivity index (χ4v) is 2.98. The maximum atomic E-state index is 12.8. The predicted octanol–water partition coefficient (Wildman–Crippen LogP) is 2.89. The fraction of sp³-hybridized carbons (Fsp3) is 0.417. The molecule has 174 valence electrons. The zero-order chi connectivity index (χ0) is 23.3. The van der Waals surface area contributed by atoms with Gasteiger partial charge >= 0.3 is 0 Å². The van der Waals surface area contributed by atoms with Crippen LogP contribution >= 0.6 is 0 Å². The summed E-state index contributed by atoms with van der Waals surface area (Å²) >= 11 is 0. The lowest BCUT2D eigenvalue weighted by atomic mass is 10.1. The summed E-state index contributed by atoms with van der Waals surface area (Å²) in [5, 5.41) is 5.70. The highest BCUT2D eigenvalue weighted by Crippen LogP contribution is 2.39. The molecule has 0 radical (unpaired) electrons. The summed E-state index contributed by atoms with van der Waals surface area (Å²) in [5.74, 6) is 1.02. The Kier molecular flexibility index (Phi) is 10.3. The number of carbonyl (C=O) groups is 2. The standard InChI is InChI=1S/C24H33N3O5/c1-4-30-20-14-19(15-21(31-5-2)22(20)32-6-3)24(29)27-16-17-8-10-18(11-9-17)23(28)26-13-7-12-25/h8-11,14-15H,4-7,12-13,16,25H2,1-3H3,(H,26,28)(H,27,29). The Bertz CT molecular complexity index is 857. The SMILES string of the molecule is CCOc1cc(C(=O)NCc2ccc(C(=O)NCCCN)cc2)cc(OCC)c1OCC. The highest BCUT2D eigenvalue weighted by molar-refractivity contribution is 5.96. The predicted molar refractivity (Wildman–Crippen MR) is 124 cm³/mol. The van der Waals surface area contributed by atoms with Crippen LogP contribution in [0.1, 0.15) is 53.5 Å². The molecular weight excluding hydrogens is 410 g/mol. The van der Waals surface area contributed by atoms with Gasteiger partial charge in [-0.2, -0.15) is 0 Å². The molecule has 0 aliphatic rings. The zero-order valence-corrected chi connectivity index (χ0v) is 19.0. The maximum Gasteiger partial charge on any atom is 0.251 e. The highest BCUT2D eigenvalue weighted by atomic mass is 16.5. The number of amides is 2. The quantitative estimate of drug-likeness (QED) is 0.411. The van der Waals surface area contributed by atoms with Crippen molar-refractivity contribution in [2.45, 2.75) is 33.7 Å². The largest absolute Gasteiger partial charge is 0.490 e. The van der Waals surface area contributed by atoms with Gasteiger partial charge in [-0.1, -0.05) is 12.1 Å². The summed E-state index contributed by atoms with van der Waals surface area (Å²) in [4.78, 5) is 24.9. The minimum Gasteiger partial charge on any atom is -0.490 e. The van der Waals surface area contributed by atoms with Gasteiger partial charge in [0.25, 0.3) is 11.8 Å². The number of benzene rings is 2. The van der Waals surface area contributed by atoms with E-state index in [-0.39, 0.29) is 11.8 Å². The van der Waals surface area contributed by atoms with Crippen LogP contribution in [0.5, 0.6) is 17.2 Å². The molecule has 0 atom stereocenters. The molecule has 0 saturated heterocycles. The van der Waals surface area contributed by atoms with Crippen LogP contribution in [0.2, 0.25) is 0 Å². The minimum atomic E-state index is -0.265. The fourth-order valence-electron chi connectivity index (χ4n) is 2.98. The van der Waals surface area contributed by atoms with Crippen molar-refractivity contribution in [3.63, 3.8) is 0 Å². The van der Waals surface area contributed by atoms with E-state index >= 15 is 0 Å². The molecule has 0 spiro atoms. The average molecular weight is 444 g/mol. The Hall–Kier alpha value is -3.26. The van der Waals surface area contributed by atoms with Crippen molar-refractivity contribution in [1.29, 1.82) is 0 Å². The second-order valence-corrected chi connectivity index (χ2v) is 6.88. The van der Waals surface area contributed by atoms with E-state index in [4.69, 9.17) is 19.9 Å². The van der Waals surface area contributed by atoms with Gasteiger partial charge in [-0.05, 0) is 63.6 Å². The summed E-state index contributed by atoms with van der Waals surface area (Å²) in [7, 11) is 0. The van der Waals surface area contributed by atoms with Crippen LogP contribution in [0, 0.1) is 0 Å². The summed E-state index contributed by atoms with van der Waals surface area (Å²) in [6, 6.07) is 10.4. The van der Waals surface area contributed by atoms with E-state index in [0.717, 1.165) is 12.0 Å². The van der Waals surface area contributed by atoms with Crippen molar-refractivity contribution >= 4 is 11.8 Å². The van der Waals surface area contributed by atoms with Crippen LogP contribution in [0.3, 0.4) is 0 Å². The second-order valence-electron chi connectivity index (χ2n) is 6.88. The maximum absolute atomic E-state index is 12.8. The molecule has 0 aliphatic heterocycles. The van der Waals surface area contributed by atoms with Crippen molar-refractivity contribution in [3.8, 4) is 17.2 Å². The number of rotatable bonds is 13. The molecule has 2 rings (SSSR count). The minimum absolute atomic E-state index is 0.143. The van der Waals surface area contributed by atoms with Crippen LogP contribution in [0.4, 0.5) is 0 Å². The van der Waals surface area contributed by atoms with Crippen molar-refractivity contribution in [3.05, 3.63) is 53.1 Å². The molecule has 0 bridgehead atoms. The molecule has 2 amide bonds. The first kappa shape index (κ1) is 25.0. The zero-order valence-electron chi connectivity index (χ0n) is 19.0. The first-order valence-corrected chi connectivity index (χ1v) is 11.0. The van der Waals surface area contributed by atoms with Crippen molar-refractivity contribution < 1.29 is 23.8 Å². The van der Waals surface area contributed by atoms with Gasteiger partial charge in [-0.15, -0.1) is 0 Å². The first-order chi connectivity index (χ1) is 15.5. The van der Waals surface area contributed by atoms with E-state index in [1.807, 2.05) is 32.9 Å². The summed E-state index contributed by atoms with van der Waals surface area (Å²) in [6.45, 7) is 8.32. The third-order valence-corrected chi connectivity index (χ3v) is 4.51. The smallest absolute Gasteiger partial charge is 0.251 e. The Morgan fingerprint density at radius 2 is 1.38 bits per heavy atom.